The van der Waals surface area contributed by atoms with Crippen LogP contribution in [0.4, 0.5) is 39.5 Å². The van der Waals surface area contributed by atoms with Gasteiger partial charge in [0.05, 0.1) is 18.5 Å². The van der Waals surface area contributed by atoms with Crippen LogP contribution in [0.3, 0.4) is 0 Å². The van der Waals surface area contributed by atoms with Crippen molar-refractivity contribution in [2.75, 3.05) is 76.5 Å². The zero-order valence-corrected chi connectivity index (χ0v) is 62.3. The number of fused-ring (bicyclic) bond motifs is 1. The molecule has 2 heterocycles. The zero-order chi connectivity index (χ0) is 79.7. The maximum atomic E-state index is 15.6. The molecule has 3 aromatic carbocycles. The first kappa shape index (κ1) is 85.6. The normalized spacial score (nSPS) is 24.8. The second-order valence-electron chi connectivity index (χ2n) is 28.4. The van der Waals surface area contributed by atoms with Gasteiger partial charge in [0.2, 0.25) is 70.9 Å². The number of rotatable bonds is 12. The number of nitrogens with one attached hydrogen (secondary N) is 3. The lowest BCUT2D eigenvalue weighted by atomic mass is 9.90. The van der Waals surface area contributed by atoms with E-state index in [1.165, 1.54) is 75.3 Å². The number of nitrogens with zero attached hydrogens (tertiary/aromatic N) is 9. The molecule has 2 aliphatic heterocycles. The Kier molecular flexibility index (Phi) is 28.6. The van der Waals surface area contributed by atoms with Gasteiger partial charge >= 0.3 is 12.4 Å². The molecule has 24 nitrogen and oxygen atoms in total. The van der Waals surface area contributed by atoms with Gasteiger partial charge in [-0.3, -0.25) is 57.5 Å². The molecule has 0 unspecified atom stereocenters. The van der Waals surface area contributed by atoms with Crippen LogP contribution in [-0.2, 0) is 89.1 Å². The number of halogens is 9. The molecule has 33 heteroatoms. The summed E-state index contributed by atoms with van der Waals surface area (Å²) in [4.78, 5) is 187. The molecular weight excluding hydrogens is 1410 g/mol. The highest BCUT2D eigenvalue weighted by molar-refractivity contribution is 6.01. The van der Waals surface area contributed by atoms with Gasteiger partial charge in [-0.2, -0.15) is 26.3 Å². The summed E-state index contributed by atoms with van der Waals surface area (Å²) in [5.41, 5.74) is -5.27. The number of hydrogen-bond acceptors (Lipinski definition) is 12. The predicted molar refractivity (Wildman–Crippen MR) is 369 cm³/mol. The minimum absolute atomic E-state index is 0.00199. The fraction of sp³-hybridized carbons (Fsp3) is 0.589. The van der Waals surface area contributed by atoms with Crippen molar-refractivity contribution >= 4 is 70.9 Å². The number of likely N-dealkylation sites (N-methyl/N-ethyl adjacent to an activating group) is 8. The molecule has 0 bridgehead atoms. The summed E-state index contributed by atoms with van der Waals surface area (Å²) in [7, 11) is 11.3. The third-order valence-corrected chi connectivity index (χ3v) is 21.1. The first-order valence-electron chi connectivity index (χ1n) is 35.1. The molecule has 11 atom stereocenters. The van der Waals surface area contributed by atoms with Gasteiger partial charge in [-0.25, -0.2) is 13.2 Å². The maximum Gasteiger partial charge on any atom is 0.422 e. The fourth-order valence-electron chi connectivity index (χ4n) is 13.5. The Morgan fingerprint density at radius 3 is 1.64 bits per heavy atom. The second-order valence-corrected chi connectivity index (χ2v) is 28.4. The maximum absolute atomic E-state index is 15.6. The van der Waals surface area contributed by atoms with Gasteiger partial charge in [0.1, 0.15) is 82.9 Å². The van der Waals surface area contributed by atoms with Crippen LogP contribution in [0.15, 0.2) is 60.7 Å². The average Bonchev–Trinajstić information content (AvgIpc) is 1.35. The van der Waals surface area contributed by atoms with Crippen LogP contribution in [0.1, 0.15) is 127 Å². The van der Waals surface area contributed by atoms with Crippen LogP contribution in [-0.4, -0.2) is 251 Å². The van der Waals surface area contributed by atoms with Crippen LogP contribution >= 0.6 is 0 Å². The van der Waals surface area contributed by atoms with Gasteiger partial charge in [-0.1, -0.05) is 77.6 Å². The molecule has 3 N–H and O–H groups in total. The van der Waals surface area contributed by atoms with E-state index in [9.17, 15) is 69.1 Å². The Morgan fingerprint density at radius 1 is 0.594 bits per heavy atom. The van der Waals surface area contributed by atoms with Gasteiger partial charge in [0, 0.05) is 82.8 Å². The van der Waals surface area contributed by atoms with Gasteiger partial charge in [0.25, 0.3) is 0 Å². The Hall–Kier alpha value is -9.33. The Morgan fingerprint density at radius 2 is 1.13 bits per heavy atom. The van der Waals surface area contributed by atoms with E-state index in [4.69, 9.17) is 0 Å². The molecule has 1 saturated carbocycles. The topological polar surface area (TPSA) is 270 Å². The zero-order valence-electron chi connectivity index (χ0n) is 62.3. The number of hydrogen-bond donors (Lipinski definition) is 3. The standard InChI is InChI=1S/C73H97F9N12O12/c1-16-40(3)59-68(104)89(11)43(6)63(99)94-33-30-52(94)67(103)91(13)54(37-44-20-25-47(26-21-44)72(77,78)79)66(102)87(9)39-56(95)83-51(29-24-46-34-49(75)58(50(76)35-46)73(80,81)82)64(100)90(12)53(36-45-22-27-48(74)28-23-45)62(98)85-71(31-18-19-32-71)70(106)93(15)60(41(4)17-2)69(105)92(14)55(65(101)86(7)8)38-57(96)88(10)42(5)61(97)84-59/h20-23,25-28,34-35,40-43,51-55,59-60H,16-19,24,29-33,36-39H2,1-15H3,(H,83,95)(H,84,97)(H,85,98)/t40-,41-,42-,43+,51-,52-,53-,54-,55-,59-,60-/m0/s1. The van der Waals surface area contributed by atoms with E-state index in [1.54, 1.807) is 27.7 Å². The highest BCUT2D eigenvalue weighted by atomic mass is 19.4. The number of carbonyl (C=O) groups excluding carboxylic acids is 12. The van der Waals surface area contributed by atoms with Crippen molar-refractivity contribution in [3.63, 3.8) is 0 Å². The molecule has 2 saturated heterocycles. The molecule has 1 aliphatic carbocycles. The summed E-state index contributed by atoms with van der Waals surface area (Å²) in [6.45, 7) is 8.47. The van der Waals surface area contributed by atoms with Crippen molar-refractivity contribution in [1.82, 2.24) is 60.0 Å². The molecule has 6 rings (SSSR count). The lowest BCUT2D eigenvalue weighted by molar-refractivity contribution is -0.160. The van der Waals surface area contributed by atoms with Crippen LogP contribution in [0.25, 0.3) is 0 Å². The minimum atomic E-state index is -5.49. The van der Waals surface area contributed by atoms with Crippen molar-refractivity contribution in [2.45, 2.75) is 191 Å². The van der Waals surface area contributed by atoms with Crippen molar-refractivity contribution in [1.29, 1.82) is 0 Å². The monoisotopic (exact) mass is 1500 g/mol. The fourth-order valence-corrected chi connectivity index (χ4v) is 13.5. The summed E-state index contributed by atoms with van der Waals surface area (Å²) in [6, 6.07) is -4.65. The number of amides is 12. The van der Waals surface area contributed by atoms with Crippen LogP contribution in [0.5, 0.6) is 0 Å². The molecule has 12 amide bonds. The van der Waals surface area contributed by atoms with Crippen LogP contribution < -0.4 is 16.0 Å². The van der Waals surface area contributed by atoms with Crippen molar-refractivity contribution < 1.29 is 97.0 Å². The van der Waals surface area contributed by atoms with E-state index in [1.807, 2.05) is 0 Å². The molecule has 584 valence electrons. The van der Waals surface area contributed by atoms with Gasteiger partial charge < -0.3 is 60.0 Å². The van der Waals surface area contributed by atoms with Crippen LogP contribution in [0, 0.1) is 29.3 Å². The quantitative estimate of drug-likeness (QED) is 0.187. The molecule has 106 heavy (non-hydrogen) atoms. The Bertz CT molecular complexity index is 3720. The van der Waals surface area contributed by atoms with E-state index in [0.29, 0.717) is 31.4 Å². The average molecular weight is 1510 g/mol. The van der Waals surface area contributed by atoms with Crippen LogP contribution in [0.2, 0.25) is 0 Å². The SMILES string of the molecule is CC[C@H](C)[C@@H]1NC(=O)[C@H](C)N(C)C(=O)C[C@@H](C(=O)N(C)C)N(C)C(=O)[C@H]([C@@H](C)CC)N(C)C(=O)C2(CCCC2)NC(=O)[C@H](Cc2ccc(F)cc2)N(C)C(=O)[C@H](CCc2cc(F)c(C(F)(F)F)c(F)c2)NC(=O)CN(C)C(=O)[C@H](Cc2ccc(C(F)(F)F)cc2)N(C)C(=O)[C@@H]2CCN2C(=O)[C@@H](C)N(C)C1=O. The van der Waals surface area contributed by atoms with Gasteiger partial charge in [-0.15, -0.1) is 0 Å². The third kappa shape index (κ3) is 19.8. The number of alkyl halides is 6. The Labute approximate surface area is 611 Å². The highest BCUT2D eigenvalue weighted by Crippen LogP contribution is 2.37. The molecule has 3 fully saturated rings. The molecule has 0 radical (unpaired) electrons. The summed E-state index contributed by atoms with van der Waals surface area (Å²) in [5, 5.41) is 8.04. The van der Waals surface area contributed by atoms with E-state index >= 15 is 28.0 Å². The molecule has 1 spiro atoms. The number of aryl methyl sites for hydroxylation is 1. The highest BCUT2D eigenvalue weighted by Gasteiger charge is 2.51. The van der Waals surface area contributed by atoms with E-state index in [2.05, 4.69) is 16.0 Å². The van der Waals surface area contributed by atoms with E-state index in [0.717, 1.165) is 94.6 Å². The van der Waals surface area contributed by atoms with Crippen molar-refractivity contribution in [3.8, 4) is 0 Å². The molecule has 3 aromatic rings. The summed E-state index contributed by atoms with van der Waals surface area (Å²) >= 11 is 0. The van der Waals surface area contributed by atoms with E-state index in [-0.39, 0.29) is 43.4 Å². The molecule has 3 aliphatic rings. The molecule has 0 aromatic heterocycles. The first-order valence-corrected chi connectivity index (χ1v) is 35.1. The Balaban J connectivity index is 1.51. The van der Waals surface area contributed by atoms with Crippen molar-refractivity contribution in [3.05, 3.63) is 106 Å². The van der Waals surface area contributed by atoms with Crippen molar-refractivity contribution in [2.24, 2.45) is 11.8 Å². The number of carbonyl (C=O) groups is 12. The summed E-state index contributed by atoms with van der Waals surface area (Å²) in [6.07, 6.45) is -12.2. The number of benzene rings is 3. The second kappa shape index (κ2) is 35.4. The lowest BCUT2D eigenvalue weighted by Crippen LogP contribution is -2.65. The summed E-state index contributed by atoms with van der Waals surface area (Å²) in [5.74, 6) is -16.8. The smallest absolute Gasteiger partial charge is 0.347 e. The first-order chi connectivity index (χ1) is 49.3. The lowest BCUT2D eigenvalue weighted by Gasteiger charge is -2.45. The summed E-state index contributed by atoms with van der Waals surface area (Å²) < 4.78 is 128. The van der Waals surface area contributed by atoms with E-state index < -0.39 is 228 Å². The third-order valence-electron chi connectivity index (χ3n) is 21.1. The largest absolute Gasteiger partial charge is 0.422 e. The van der Waals surface area contributed by atoms with Gasteiger partial charge in [-0.05, 0) is 111 Å². The van der Waals surface area contributed by atoms with Gasteiger partial charge in [0.15, 0.2) is 0 Å². The predicted octanol–water partition coefficient (Wildman–Crippen LogP) is 5.60. The molecular formula is C73H97F9N12O12. The minimum Gasteiger partial charge on any atom is -0.347 e.